The van der Waals surface area contributed by atoms with Gasteiger partial charge in [-0.15, -0.1) is 10.2 Å². The Labute approximate surface area is 115 Å². The van der Waals surface area contributed by atoms with Gasteiger partial charge in [0, 0.05) is 15.8 Å². The number of hydrogen-bond donors (Lipinski definition) is 0. The average Bonchev–Trinajstić information content (AvgIpc) is 2.70. The first kappa shape index (κ1) is 12.7. The summed E-state index contributed by atoms with van der Waals surface area (Å²) in [5, 5.41) is 8.73. The second kappa shape index (κ2) is 5.29. The van der Waals surface area contributed by atoms with Crippen LogP contribution in [0.2, 0.25) is 5.02 Å². The van der Waals surface area contributed by atoms with Crippen molar-refractivity contribution >= 4 is 38.3 Å². The van der Waals surface area contributed by atoms with Crippen LogP contribution in [0.5, 0.6) is 0 Å². The van der Waals surface area contributed by atoms with Crippen LogP contribution in [-0.4, -0.2) is 25.2 Å². The van der Waals surface area contributed by atoms with Gasteiger partial charge in [-0.1, -0.05) is 33.6 Å². The number of aromatic nitrogens is 3. The van der Waals surface area contributed by atoms with Crippen LogP contribution in [0.3, 0.4) is 0 Å². The molecule has 0 aliphatic rings. The van der Waals surface area contributed by atoms with E-state index in [1.54, 1.807) is 17.2 Å². The van der Waals surface area contributed by atoms with Crippen LogP contribution < -0.4 is 0 Å². The Kier molecular flexibility index (Phi) is 3.96. The Morgan fingerprint density at radius 2 is 2.29 bits per heavy atom. The molecular formula is C10H9BrClN3OS. The van der Waals surface area contributed by atoms with Crippen molar-refractivity contribution in [3.8, 4) is 0 Å². The molecule has 2 rings (SSSR count). The SMILES string of the molecule is C[S@](=O)c1nncn1Cc1ccc(Cl)cc1Br. The third kappa shape index (κ3) is 2.94. The summed E-state index contributed by atoms with van der Waals surface area (Å²) in [7, 11) is -1.15. The van der Waals surface area contributed by atoms with E-state index in [-0.39, 0.29) is 0 Å². The number of hydrogen-bond acceptors (Lipinski definition) is 3. The molecule has 17 heavy (non-hydrogen) atoms. The molecule has 1 aromatic heterocycles. The fourth-order valence-corrected chi connectivity index (χ4v) is 2.82. The van der Waals surface area contributed by atoms with Gasteiger partial charge in [0.15, 0.2) is 0 Å². The highest BCUT2D eigenvalue weighted by molar-refractivity contribution is 9.10. The summed E-state index contributed by atoms with van der Waals surface area (Å²) >= 11 is 9.31. The van der Waals surface area contributed by atoms with Crippen molar-refractivity contribution in [3.63, 3.8) is 0 Å². The van der Waals surface area contributed by atoms with E-state index in [2.05, 4.69) is 26.1 Å². The van der Waals surface area contributed by atoms with Gasteiger partial charge in [-0.3, -0.25) is 4.21 Å². The molecule has 0 unspecified atom stereocenters. The lowest BCUT2D eigenvalue weighted by Crippen LogP contribution is -2.05. The number of rotatable bonds is 3. The molecule has 0 amide bonds. The lowest BCUT2D eigenvalue weighted by molar-refractivity contribution is 0.653. The van der Waals surface area contributed by atoms with Gasteiger partial charge in [0.1, 0.15) is 6.33 Å². The number of nitrogens with zero attached hydrogens (tertiary/aromatic N) is 3. The normalized spacial score (nSPS) is 12.6. The fourth-order valence-electron chi connectivity index (χ4n) is 1.41. The van der Waals surface area contributed by atoms with E-state index in [0.29, 0.717) is 16.7 Å². The van der Waals surface area contributed by atoms with Crippen molar-refractivity contribution < 1.29 is 4.21 Å². The first-order valence-electron chi connectivity index (χ1n) is 4.73. The minimum Gasteiger partial charge on any atom is -0.302 e. The summed E-state index contributed by atoms with van der Waals surface area (Å²) in [5.41, 5.74) is 1.03. The monoisotopic (exact) mass is 333 g/mol. The Hall–Kier alpha value is -0.720. The molecule has 0 spiro atoms. The summed E-state index contributed by atoms with van der Waals surface area (Å²) in [4.78, 5) is 0. The Morgan fingerprint density at radius 1 is 1.53 bits per heavy atom. The summed E-state index contributed by atoms with van der Waals surface area (Å²) in [5.74, 6) is 0. The van der Waals surface area contributed by atoms with Crippen LogP contribution in [0, 0.1) is 0 Å². The van der Waals surface area contributed by atoms with E-state index in [1.165, 1.54) is 0 Å². The minimum atomic E-state index is -1.15. The molecule has 1 aromatic carbocycles. The van der Waals surface area contributed by atoms with Gasteiger partial charge in [-0.25, -0.2) is 0 Å². The highest BCUT2D eigenvalue weighted by Gasteiger charge is 2.09. The van der Waals surface area contributed by atoms with Gasteiger partial charge in [0.2, 0.25) is 5.16 Å². The third-order valence-corrected chi connectivity index (χ3v) is 4.00. The molecule has 0 aliphatic heterocycles. The molecule has 1 heterocycles. The van der Waals surface area contributed by atoms with Crippen LogP contribution in [0.15, 0.2) is 34.2 Å². The van der Waals surface area contributed by atoms with Gasteiger partial charge >= 0.3 is 0 Å². The molecule has 7 heteroatoms. The van der Waals surface area contributed by atoms with Gasteiger partial charge in [-0.05, 0) is 17.7 Å². The minimum absolute atomic E-state index is 0.465. The Balaban J connectivity index is 2.31. The first-order chi connectivity index (χ1) is 8.08. The van der Waals surface area contributed by atoms with Crippen LogP contribution in [0.25, 0.3) is 0 Å². The summed E-state index contributed by atoms with van der Waals surface area (Å²) in [6.07, 6.45) is 3.15. The van der Waals surface area contributed by atoms with Crippen LogP contribution in [0.1, 0.15) is 5.56 Å². The van der Waals surface area contributed by atoms with Crippen LogP contribution in [0.4, 0.5) is 0 Å². The zero-order valence-corrected chi connectivity index (χ0v) is 12.1. The highest BCUT2D eigenvalue weighted by atomic mass is 79.9. The average molecular weight is 335 g/mol. The van der Waals surface area contributed by atoms with Crippen molar-refractivity contribution in [2.24, 2.45) is 0 Å². The van der Waals surface area contributed by atoms with Crippen LogP contribution in [-0.2, 0) is 17.3 Å². The maximum Gasteiger partial charge on any atom is 0.221 e. The van der Waals surface area contributed by atoms with Crippen molar-refractivity contribution in [2.45, 2.75) is 11.7 Å². The predicted molar refractivity (Wildman–Crippen MR) is 70.6 cm³/mol. The maximum atomic E-state index is 11.4. The molecule has 0 bridgehead atoms. The van der Waals surface area contributed by atoms with Gasteiger partial charge in [0.25, 0.3) is 0 Å². The Morgan fingerprint density at radius 3 is 2.94 bits per heavy atom. The maximum absolute atomic E-state index is 11.4. The first-order valence-corrected chi connectivity index (χ1v) is 7.46. The molecule has 90 valence electrons. The molecular weight excluding hydrogens is 326 g/mol. The smallest absolute Gasteiger partial charge is 0.221 e. The molecule has 2 aromatic rings. The van der Waals surface area contributed by atoms with Crippen molar-refractivity contribution in [1.29, 1.82) is 0 Å². The van der Waals surface area contributed by atoms with E-state index in [1.807, 2.05) is 18.2 Å². The second-order valence-electron chi connectivity index (χ2n) is 3.43. The molecule has 0 radical (unpaired) electrons. The van der Waals surface area contributed by atoms with E-state index >= 15 is 0 Å². The quantitative estimate of drug-likeness (QED) is 0.866. The molecule has 0 saturated carbocycles. The van der Waals surface area contributed by atoms with E-state index in [4.69, 9.17) is 11.6 Å². The zero-order valence-electron chi connectivity index (χ0n) is 8.93. The standard InChI is InChI=1S/C10H9BrClN3OS/c1-17(16)10-14-13-6-15(10)5-7-2-3-8(12)4-9(7)11/h2-4,6H,5H2,1H3/t17-/m0/s1. The number of halogens is 2. The fraction of sp³-hybridized carbons (Fsp3) is 0.200. The van der Waals surface area contributed by atoms with Gasteiger partial charge < -0.3 is 4.57 Å². The van der Waals surface area contributed by atoms with E-state index < -0.39 is 10.8 Å². The molecule has 0 aliphatic carbocycles. The van der Waals surface area contributed by atoms with Gasteiger partial charge in [0.05, 0.1) is 17.3 Å². The largest absolute Gasteiger partial charge is 0.302 e. The van der Waals surface area contributed by atoms with E-state index in [9.17, 15) is 4.21 Å². The zero-order chi connectivity index (χ0) is 12.4. The number of benzene rings is 1. The van der Waals surface area contributed by atoms with Crippen molar-refractivity contribution in [3.05, 3.63) is 39.6 Å². The summed E-state index contributed by atoms with van der Waals surface area (Å²) < 4.78 is 14.1. The van der Waals surface area contributed by atoms with Crippen LogP contribution >= 0.6 is 27.5 Å². The van der Waals surface area contributed by atoms with E-state index in [0.717, 1.165) is 10.0 Å². The molecule has 4 nitrogen and oxygen atoms in total. The lowest BCUT2D eigenvalue weighted by atomic mass is 10.2. The molecule has 0 fully saturated rings. The molecule has 0 saturated heterocycles. The third-order valence-electron chi connectivity index (χ3n) is 2.19. The molecule has 0 N–H and O–H groups in total. The van der Waals surface area contributed by atoms with Crippen molar-refractivity contribution in [2.75, 3.05) is 6.26 Å². The highest BCUT2D eigenvalue weighted by Crippen LogP contribution is 2.22. The van der Waals surface area contributed by atoms with Crippen molar-refractivity contribution in [1.82, 2.24) is 14.8 Å². The Bertz CT molecular complexity index is 572. The second-order valence-corrected chi connectivity index (χ2v) is 6.00. The molecule has 1 atom stereocenters. The topological polar surface area (TPSA) is 47.8 Å². The summed E-state index contributed by atoms with van der Waals surface area (Å²) in [6.45, 7) is 0.555. The summed E-state index contributed by atoms with van der Waals surface area (Å²) in [6, 6.07) is 5.55. The lowest BCUT2D eigenvalue weighted by Gasteiger charge is -2.07. The van der Waals surface area contributed by atoms with Gasteiger partial charge in [-0.2, -0.15) is 0 Å². The predicted octanol–water partition coefficient (Wildman–Crippen LogP) is 2.48.